The number of esters is 1. The lowest BCUT2D eigenvalue weighted by Gasteiger charge is -2.08. The Kier molecular flexibility index (Phi) is 4.89. The maximum atomic E-state index is 12.2. The van der Waals surface area contributed by atoms with Gasteiger partial charge in [-0.3, -0.25) is 4.79 Å². The highest BCUT2D eigenvalue weighted by molar-refractivity contribution is 7.99. The summed E-state index contributed by atoms with van der Waals surface area (Å²) < 4.78 is 28.6. The minimum absolute atomic E-state index is 0.146. The normalized spacial score (nSPS) is 10.1. The van der Waals surface area contributed by atoms with Gasteiger partial charge in [-0.1, -0.05) is 23.9 Å². The second-order valence-corrected chi connectivity index (χ2v) is 3.85. The molecule has 0 radical (unpaired) electrons. The predicted octanol–water partition coefficient (Wildman–Crippen LogP) is 2.11. The summed E-state index contributed by atoms with van der Waals surface area (Å²) in [7, 11) is 1.06. The maximum Gasteiger partial charge on any atom is 0.396 e. The number of ether oxygens (including phenoxy) is 1. The Bertz CT molecular complexity index is 426. The molecule has 0 aliphatic heterocycles. The molecular formula is C10H9F2NO3S. The number of carbonyl (C=O) groups excluding carboxylic acids is 2. The molecule has 17 heavy (non-hydrogen) atoms. The quantitative estimate of drug-likeness (QED) is 0.514. The summed E-state index contributed by atoms with van der Waals surface area (Å²) in [6.45, 7) is 0. The van der Waals surface area contributed by atoms with Crippen molar-refractivity contribution in [2.45, 2.75) is 10.7 Å². The zero-order chi connectivity index (χ0) is 12.8. The van der Waals surface area contributed by atoms with Gasteiger partial charge in [-0.2, -0.15) is 8.78 Å². The molecule has 0 saturated carbocycles. The number of methoxy groups -OCH3 is 1. The first-order chi connectivity index (χ1) is 8.04. The van der Waals surface area contributed by atoms with E-state index in [9.17, 15) is 18.4 Å². The zero-order valence-electron chi connectivity index (χ0n) is 8.78. The molecule has 0 heterocycles. The van der Waals surface area contributed by atoms with Crippen molar-refractivity contribution in [2.24, 2.45) is 0 Å². The van der Waals surface area contributed by atoms with Crippen LogP contribution in [-0.4, -0.2) is 24.7 Å². The molecule has 1 aromatic carbocycles. The number of para-hydroxylation sites is 1. The highest BCUT2D eigenvalue weighted by Gasteiger charge is 2.16. The van der Waals surface area contributed by atoms with Crippen LogP contribution in [0.15, 0.2) is 29.2 Å². The minimum atomic E-state index is -2.61. The van der Waals surface area contributed by atoms with Crippen LogP contribution < -0.4 is 5.32 Å². The van der Waals surface area contributed by atoms with Gasteiger partial charge in [-0.25, -0.2) is 4.79 Å². The van der Waals surface area contributed by atoms with E-state index < -0.39 is 17.6 Å². The van der Waals surface area contributed by atoms with E-state index in [0.717, 1.165) is 7.11 Å². The number of hydrogen-bond donors (Lipinski definition) is 1. The number of alkyl halides is 2. The molecule has 0 fully saturated rings. The van der Waals surface area contributed by atoms with Crippen LogP contribution in [0.2, 0.25) is 0 Å². The van der Waals surface area contributed by atoms with Gasteiger partial charge in [0.05, 0.1) is 12.8 Å². The summed E-state index contributed by atoms with van der Waals surface area (Å²) >= 11 is 0.286. The molecule has 1 amide bonds. The van der Waals surface area contributed by atoms with E-state index in [4.69, 9.17) is 0 Å². The van der Waals surface area contributed by atoms with Crippen molar-refractivity contribution in [2.75, 3.05) is 12.4 Å². The smallest absolute Gasteiger partial charge is 0.396 e. The topological polar surface area (TPSA) is 55.4 Å². The van der Waals surface area contributed by atoms with Gasteiger partial charge >= 0.3 is 11.9 Å². The van der Waals surface area contributed by atoms with Crippen LogP contribution in [0.25, 0.3) is 0 Å². The number of nitrogens with one attached hydrogen (secondary N) is 1. The van der Waals surface area contributed by atoms with E-state index in [-0.39, 0.29) is 22.3 Å². The lowest BCUT2D eigenvalue weighted by molar-refractivity contribution is -0.150. The molecule has 1 rings (SSSR count). The van der Waals surface area contributed by atoms with Crippen molar-refractivity contribution < 1.29 is 23.1 Å². The van der Waals surface area contributed by atoms with Crippen molar-refractivity contribution >= 4 is 29.3 Å². The van der Waals surface area contributed by atoms with Gasteiger partial charge in [-0.05, 0) is 12.1 Å². The van der Waals surface area contributed by atoms with Crippen LogP contribution in [0.1, 0.15) is 0 Å². The van der Waals surface area contributed by atoms with Crippen LogP contribution >= 0.6 is 11.8 Å². The summed E-state index contributed by atoms with van der Waals surface area (Å²) in [5.41, 5.74) is 0.146. The predicted molar refractivity (Wildman–Crippen MR) is 58.9 cm³/mol. The van der Waals surface area contributed by atoms with Gasteiger partial charge in [0.2, 0.25) is 0 Å². The van der Waals surface area contributed by atoms with Gasteiger partial charge < -0.3 is 10.1 Å². The van der Waals surface area contributed by atoms with Crippen molar-refractivity contribution in [1.29, 1.82) is 0 Å². The summed E-state index contributed by atoms with van der Waals surface area (Å²) in [5, 5.41) is 2.20. The van der Waals surface area contributed by atoms with E-state index in [1.54, 1.807) is 12.1 Å². The summed E-state index contributed by atoms with van der Waals surface area (Å²) in [6.07, 6.45) is 0. The number of hydrogen-bond acceptors (Lipinski definition) is 4. The maximum absolute atomic E-state index is 12.2. The molecule has 0 saturated heterocycles. The second kappa shape index (κ2) is 6.19. The number of carbonyl (C=O) groups is 2. The van der Waals surface area contributed by atoms with Crippen LogP contribution in [0.3, 0.4) is 0 Å². The first-order valence-electron chi connectivity index (χ1n) is 4.47. The first-order valence-corrected chi connectivity index (χ1v) is 5.35. The number of rotatable bonds is 3. The van der Waals surface area contributed by atoms with Crippen molar-refractivity contribution in [3.8, 4) is 0 Å². The molecule has 0 aliphatic carbocycles. The van der Waals surface area contributed by atoms with Crippen LogP contribution in [0.5, 0.6) is 0 Å². The average Bonchev–Trinajstić information content (AvgIpc) is 2.29. The van der Waals surface area contributed by atoms with Crippen LogP contribution in [-0.2, 0) is 14.3 Å². The van der Waals surface area contributed by atoms with Gasteiger partial charge in [0, 0.05) is 4.90 Å². The molecule has 0 unspecified atom stereocenters. The molecule has 1 aromatic rings. The standard InChI is InChI=1S/C10H9F2NO3S/c1-16-9(15)8(14)13-6-4-2-3-5-7(6)17-10(11)12/h2-5,10H,1H3,(H,13,14). The number of benzene rings is 1. The lowest BCUT2D eigenvalue weighted by atomic mass is 10.3. The Morgan fingerprint density at radius 2 is 2.00 bits per heavy atom. The average molecular weight is 261 g/mol. The van der Waals surface area contributed by atoms with Crippen molar-refractivity contribution in [3.05, 3.63) is 24.3 Å². The van der Waals surface area contributed by atoms with Crippen molar-refractivity contribution in [1.82, 2.24) is 0 Å². The van der Waals surface area contributed by atoms with Crippen LogP contribution in [0, 0.1) is 0 Å². The fraction of sp³-hybridized carbons (Fsp3) is 0.200. The zero-order valence-corrected chi connectivity index (χ0v) is 9.59. The molecule has 0 atom stereocenters. The largest absolute Gasteiger partial charge is 0.462 e. The lowest BCUT2D eigenvalue weighted by Crippen LogP contribution is -2.24. The fourth-order valence-corrected chi connectivity index (χ4v) is 1.63. The Morgan fingerprint density at radius 3 is 2.59 bits per heavy atom. The van der Waals surface area contributed by atoms with E-state index in [1.807, 2.05) is 0 Å². The van der Waals surface area contributed by atoms with Crippen molar-refractivity contribution in [3.63, 3.8) is 0 Å². The molecule has 0 aromatic heterocycles. The molecular weight excluding hydrogens is 252 g/mol. The molecule has 1 N–H and O–H groups in total. The highest BCUT2D eigenvalue weighted by Crippen LogP contribution is 2.31. The highest BCUT2D eigenvalue weighted by atomic mass is 32.2. The molecule has 7 heteroatoms. The van der Waals surface area contributed by atoms with E-state index in [1.165, 1.54) is 12.1 Å². The first kappa shape index (κ1) is 13.4. The third-order valence-electron chi connectivity index (χ3n) is 1.72. The van der Waals surface area contributed by atoms with Gasteiger partial charge in [-0.15, -0.1) is 0 Å². The molecule has 0 spiro atoms. The molecule has 4 nitrogen and oxygen atoms in total. The number of anilines is 1. The van der Waals surface area contributed by atoms with Gasteiger partial charge in [0.15, 0.2) is 0 Å². The Hall–Kier alpha value is -1.63. The van der Waals surface area contributed by atoms with Crippen LogP contribution in [0.4, 0.5) is 14.5 Å². The number of thioether (sulfide) groups is 1. The van der Waals surface area contributed by atoms with E-state index >= 15 is 0 Å². The Morgan fingerprint density at radius 1 is 1.35 bits per heavy atom. The Balaban J connectivity index is 2.83. The van der Waals surface area contributed by atoms with E-state index in [0.29, 0.717) is 0 Å². The Labute approximate surface area is 100 Å². The third kappa shape index (κ3) is 4.03. The monoisotopic (exact) mass is 261 g/mol. The molecule has 0 aliphatic rings. The fourth-order valence-electron chi connectivity index (χ4n) is 1.03. The number of amides is 1. The second-order valence-electron chi connectivity index (χ2n) is 2.82. The SMILES string of the molecule is COC(=O)C(=O)Nc1ccccc1SC(F)F. The third-order valence-corrected chi connectivity index (χ3v) is 2.51. The summed E-state index contributed by atoms with van der Waals surface area (Å²) in [4.78, 5) is 22.2. The molecule has 0 bridgehead atoms. The summed E-state index contributed by atoms with van der Waals surface area (Å²) in [6, 6.07) is 5.95. The summed E-state index contributed by atoms with van der Waals surface area (Å²) in [5.74, 6) is -4.69. The van der Waals surface area contributed by atoms with Gasteiger partial charge in [0.25, 0.3) is 5.76 Å². The number of halogens is 2. The van der Waals surface area contributed by atoms with E-state index in [2.05, 4.69) is 10.1 Å². The molecule has 92 valence electrons. The minimum Gasteiger partial charge on any atom is -0.462 e. The van der Waals surface area contributed by atoms with Gasteiger partial charge in [0.1, 0.15) is 0 Å².